The number of allylic oxidation sites excluding steroid dienone is 1. The Bertz CT molecular complexity index is 762. The third-order valence-corrected chi connectivity index (χ3v) is 4.10. The minimum absolute atomic E-state index is 0.179. The molecule has 0 aromatic heterocycles. The first kappa shape index (κ1) is 15.0. The molecule has 0 aliphatic carbocycles. The van der Waals surface area contributed by atoms with Crippen molar-refractivity contribution in [2.45, 2.75) is 12.8 Å². The van der Waals surface area contributed by atoms with Gasteiger partial charge in [0.05, 0.1) is 0 Å². The van der Waals surface area contributed by atoms with Gasteiger partial charge in [0.25, 0.3) is 0 Å². The van der Waals surface area contributed by atoms with Gasteiger partial charge in [-0.3, -0.25) is 0 Å². The molecule has 2 N–H and O–H groups in total. The first-order chi connectivity index (χ1) is 11.2. The zero-order chi connectivity index (χ0) is 16.2. The molecule has 23 heavy (non-hydrogen) atoms. The molecule has 3 rings (SSSR count). The van der Waals surface area contributed by atoms with E-state index < -0.39 is 0 Å². The molecule has 0 radical (unpaired) electrons. The second-order valence-corrected chi connectivity index (χ2v) is 5.41. The molecule has 1 atom stereocenters. The average Bonchev–Trinajstić information content (AvgIpc) is 3.00. The maximum atomic E-state index is 5.74. The van der Waals surface area contributed by atoms with E-state index in [2.05, 4.69) is 64.1 Å². The highest BCUT2D eigenvalue weighted by Gasteiger charge is 2.31. The molecular weight excluding hydrogens is 284 g/mol. The second kappa shape index (κ2) is 6.48. The zero-order valence-electron chi connectivity index (χ0n) is 13.2. The summed E-state index contributed by atoms with van der Waals surface area (Å²) in [5.74, 6) is 1.29. The third kappa shape index (κ3) is 2.88. The number of anilines is 1. The molecule has 1 heterocycles. The van der Waals surface area contributed by atoms with E-state index in [0.29, 0.717) is 5.92 Å². The van der Waals surface area contributed by atoms with Crippen LogP contribution in [0.15, 0.2) is 76.5 Å². The Hall–Kier alpha value is -2.88. The lowest BCUT2D eigenvalue weighted by Gasteiger charge is -2.20. The molecule has 2 aromatic rings. The fraction of sp³-hybridized carbons (Fsp3) is 0.158. The number of hydrogen-bond donors (Lipinski definition) is 1. The van der Waals surface area contributed by atoms with Crippen molar-refractivity contribution in [3.8, 4) is 0 Å². The number of nitrogens with zero attached hydrogens (tertiary/aromatic N) is 3. The molecule has 4 nitrogen and oxygen atoms in total. The van der Waals surface area contributed by atoms with E-state index >= 15 is 0 Å². The van der Waals surface area contributed by atoms with Crippen LogP contribution >= 0.6 is 0 Å². The highest BCUT2D eigenvalue weighted by atomic mass is 15.3. The minimum Gasteiger partial charge on any atom is -0.368 e. The Kier molecular flexibility index (Phi) is 4.24. The summed E-state index contributed by atoms with van der Waals surface area (Å²) in [4.78, 5) is 10.3. The lowest BCUT2D eigenvalue weighted by atomic mass is 9.93. The number of rotatable bonds is 3. The van der Waals surface area contributed by atoms with Gasteiger partial charge in [-0.05, 0) is 36.9 Å². The topological polar surface area (TPSA) is 54.0 Å². The minimum atomic E-state index is 0.179. The van der Waals surface area contributed by atoms with Crippen LogP contribution in [0.3, 0.4) is 0 Å². The number of benzene rings is 2. The molecule has 0 amide bonds. The van der Waals surface area contributed by atoms with E-state index in [-0.39, 0.29) is 5.96 Å². The van der Waals surface area contributed by atoms with Crippen molar-refractivity contribution < 1.29 is 0 Å². The molecule has 2 aromatic carbocycles. The van der Waals surface area contributed by atoms with Gasteiger partial charge in [-0.1, -0.05) is 48.5 Å². The van der Waals surface area contributed by atoms with Gasteiger partial charge < -0.3 is 10.6 Å². The molecule has 0 saturated heterocycles. The summed E-state index contributed by atoms with van der Waals surface area (Å²) >= 11 is 0. The Morgan fingerprint density at radius 3 is 2.57 bits per heavy atom. The zero-order valence-corrected chi connectivity index (χ0v) is 13.2. The molecule has 1 aliphatic heterocycles. The van der Waals surface area contributed by atoms with Crippen molar-refractivity contribution in [3.63, 3.8) is 0 Å². The van der Waals surface area contributed by atoms with Gasteiger partial charge in [0.2, 0.25) is 5.96 Å². The van der Waals surface area contributed by atoms with Crippen LogP contribution in [0.5, 0.6) is 0 Å². The van der Waals surface area contributed by atoms with E-state index in [1.807, 2.05) is 25.1 Å². The van der Waals surface area contributed by atoms with E-state index in [4.69, 9.17) is 5.73 Å². The highest BCUT2D eigenvalue weighted by Crippen LogP contribution is 2.41. The SMILES string of the molecule is C=NC(N)=N/C(=C\C)N1CC(c2ccccc2)c2ccccc21. The van der Waals surface area contributed by atoms with Crippen LogP contribution < -0.4 is 10.6 Å². The van der Waals surface area contributed by atoms with E-state index in [1.54, 1.807) is 0 Å². The number of para-hydroxylation sites is 1. The number of guanidine groups is 1. The summed E-state index contributed by atoms with van der Waals surface area (Å²) < 4.78 is 0. The molecule has 116 valence electrons. The predicted octanol–water partition coefficient (Wildman–Crippen LogP) is 3.52. The Morgan fingerprint density at radius 2 is 1.87 bits per heavy atom. The van der Waals surface area contributed by atoms with E-state index in [1.165, 1.54) is 11.1 Å². The summed E-state index contributed by atoms with van der Waals surface area (Å²) in [5, 5.41) is 0. The van der Waals surface area contributed by atoms with Crippen molar-refractivity contribution in [1.29, 1.82) is 0 Å². The van der Waals surface area contributed by atoms with Crippen LogP contribution in [-0.2, 0) is 0 Å². The Labute approximate surface area is 136 Å². The fourth-order valence-electron chi connectivity index (χ4n) is 3.03. The first-order valence-corrected chi connectivity index (χ1v) is 7.63. The standard InChI is InChI=1S/C19H20N4/c1-3-18(22-19(20)21-2)23-13-16(14-9-5-4-6-10-14)15-11-7-8-12-17(15)23/h3-12,16H,2,13H2,1H3,(H2,20,22)/b18-3+. The van der Waals surface area contributed by atoms with Crippen LogP contribution in [0.4, 0.5) is 5.69 Å². The second-order valence-electron chi connectivity index (χ2n) is 5.41. The van der Waals surface area contributed by atoms with Crippen LogP contribution in [0.2, 0.25) is 0 Å². The van der Waals surface area contributed by atoms with Crippen molar-refractivity contribution in [3.05, 3.63) is 77.6 Å². The summed E-state index contributed by atoms with van der Waals surface area (Å²) in [7, 11) is 0. The number of fused-ring (bicyclic) bond motifs is 1. The number of aliphatic imine (C=N–C) groups is 2. The van der Waals surface area contributed by atoms with Crippen molar-refractivity contribution in [1.82, 2.24) is 0 Å². The molecule has 0 spiro atoms. The first-order valence-electron chi connectivity index (χ1n) is 7.63. The van der Waals surface area contributed by atoms with Gasteiger partial charge in [-0.2, -0.15) is 4.99 Å². The largest absolute Gasteiger partial charge is 0.368 e. The summed E-state index contributed by atoms with van der Waals surface area (Å²) in [6, 6.07) is 19.0. The van der Waals surface area contributed by atoms with Crippen molar-refractivity contribution in [2.75, 3.05) is 11.4 Å². The lowest BCUT2D eigenvalue weighted by molar-refractivity contribution is 0.828. The van der Waals surface area contributed by atoms with Crippen LogP contribution in [0, 0.1) is 0 Å². The van der Waals surface area contributed by atoms with Gasteiger partial charge in [-0.15, -0.1) is 0 Å². The molecular formula is C19H20N4. The molecule has 0 bridgehead atoms. The molecule has 1 unspecified atom stereocenters. The third-order valence-electron chi connectivity index (χ3n) is 4.10. The van der Waals surface area contributed by atoms with Gasteiger partial charge >= 0.3 is 0 Å². The predicted molar refractivity (Wildman–Crippen MR) is 97.0 cm³/mol. The molecule has 4 heteroatoms. The molecule has 0 saturated carbocycles. The average molecular weight is 304 g/mol. The molecule has 0 fully saturated rings. The lowest BCUT2D eigenvalue weighted by Crippen LogP contribution is -2.22. The molecule has 1 aliphatic rings. The van der Waals surface area contributed by atoms with Crippen LogP contribution in [-0.4, -0.2) is 19.2 Å². The summed E-state index contributed by atoms with van der Waals surface area (Å²) in [5.41, 5.74) is 9.50. The van der Waals surface area contributed by atoms with Gasteiger partial charge in [0.1, 0.15) is 5.82 Å². The monoisotopic (exact) mass is 304 g/mol. The normalized spacial score (nSPS) is 18.0. The highest BCUT2D eigenvalue weighted by molar-refractivity contribution is 5.84. The van der Waals surface area contributed by atoms with Crippen LogP contribution in [0.25, 0.3) is 0 Å². The summed E-state index contributed by atoms with van der Waals surface area (Å²) in [6.07, 6.45) is 1.95. The van der Waals surface area contributed by atoms with Crippen molar-refractivity contribution in [2.24, 2.45) is 15.7 Å². The van der Waals surface area contributed by atoms with Gasteiger partial charge in [0, 0.05) is 18.2 Å². The maximum Gasteiger partial charge on any atom is 0.221 e. The van der Waals surface area contributed by atoms with E-state index in [0.717, 1.165) is 18.1 Å². The Balaban J connectivity index is 2.03. The van der Waals surface area contributed by atoms with Gasteiger partial charge in [-0.25, -0.2) is 4.99 Å². The van der Waals surface area contributed by atoms with Gasteiger partial charge in [0.15, 0.2) is 0 Å². The number of nitrogens with two attached hydrogens (primary N) is 1. The summed E-state index contributed by atoms with van der Waals surface area (Å²) in [6.45, 7) is 6.21. The fourth-order valence-corrected chi connectivity index (χ4v) is 3.03. The van der Waals surface area contributed by atoms with Crippen molar-refractivity contribution >= 4 is 18.4 Å². The number of hydrogen-bond acceptors (Lipinski definition) is 2. The smallest absolute Gasteiger partial charge is 0.221 e. The maximum absolute atomic E-state index is 5.74. The van der Waals surface area contributed by atoms with E-state index in [9.17, 15) is 0 Å². The van der Waals surface area contributed by atoms with Crippen LogP contribution in [0.1, 0.15) is 24.0 Å². The quantitative estimate of drug-likeness (QED) is 0.697. The Morgan fingerprint density at radius 1 is 1.17 bits per heavy atom.